The van der Waals surface area contributed by atoms with E-state index in [9.17, 15) is 19.2 Å². The van der Waals surface area contributed by atoms with Crippen molar-refractivity contribution in [3.63, 3.8) is 0 Å². The molecule has 182 valence electrons. The van der Waals surface area contributed by atoms with Crippen molar-refractivity contribution in [3.8, 4) is 0 Å². The third kappa shape index (κ3) is 7.43. The fourth-order valence-electron chi connectivity index (χ4n) is 4.28. The first kappa shape index (κ1) is 27.8. The highest BCUT2D eigenvalue weighted by molar-refractivity contribution is 6.38. The Morgan fingerprint density at radius 3 is 2.28 bits per heavy atom. The molecule has 4 N–H and O–H groups in total. The van der Waals surface area contributed by atoms with Gasteiger partial charge in [0.2, 0.25) is 17.6 Å². The molecule has 1 rings (SSSR count). The van der Waals surface area contributed by atoms with Gasteiger partial charge in [-0.05, 0) is 38.0 Å². The molecule has 0 heterocycles. The van der Waals surface area contributed by atoms with Gasteiger partial charge in [-0.15, -0.1) is 6.58 Å². The van der Waals surface area contributed by atoms with Gasteiger partial charge >= 0.3 is 0 Å². The zero-order valence-corrected chi connectivity index (χ0v) is 20.2. The number of amides is 3. The summed E-state index contributed by atoms with van der Waals surface area (Å²) >= 11 is 0. The molecule has 1 aliphatic carbocycles. The van der Waals surface area contributed by atoms with Crippen molar-refractivity contribution in [2.75, 3.05) is 13.1 Å². The summed E-state index contributed by atoms with van der Waals surface area (Å²) in [6.07, 6.45) is 8.14. The summed E-state index contributed by atoms with van der Waals surface area (Å²) in [6.45, 7) is 11.6. The quantitative estimate of drug-likeness (QED) is 0.293. The molecule has 8 nitrogen and oxygen atoms in total. The second-order valence-electron chi connectivity index (χ2n) is 9.11. The van der Waals surface area contributed by atoms with Crippen molar-refractivity contribution in [1.82, 2.24) is 15.5 Å². The summed E-state index contributed by atoms with van der Waals surface area (Å²) in [6, 6.07) is -2.42. The highest BCUT2D eigenvalue weighted by Crippen LogP contribution is 2.38. The zero-order valence-electron chi connectivity index (χ0n) is 20.2. The van der Waals surface area contributed by atoms with Gasteiger partial charge in [0, 0.05) is 13.1 Å². The van der Waals surface area contributed by atoms with Crippen LogP contribution in [-0.2, 0) is 19.2 Å². The van der Waals surface area contributed by atoms with Crippen LogP contribution in [0, 0.1) is 5.41 Å². The molecule has 3 atom stereocenters. The van der Waals surface area contributed by atoms with Gasteiger partial charge in [0.1, 0.15) is 6.04 Å². The first-order chi connectivity index (χ1) is 15.1. The number of hydrogen-bond donors (Lipinski definition) is 3. The fraction of sp³-hybridized carbons (Fsp3) is 0.750. The number of nitrogens with two attached hydrogens (primary N) is 1. The van der Waals surface area contributed by atoms with Gasteiger partial charge in [0.15, 0.2) is 0 Å². The van der Waals surface area contributed by atoms with Crippen LogP contribution in [0.3, 0.4) is 0 Å². The fourth-order valence-corrected chi connectivity index (χ4v) is 4.28. The van der Waals surface area contributed by atoms with Crippen molar-refractivity contribution in [1.29, 1.82) is 0 Å². The number of hydrogen-bond acceptors (Lipinski definition) is 5. The highest BCUT2D eigenvalue weighted by Gasteiger charge is 2.41. The van der Waals surface area contributed by atoms with Crippen molar-refractivity contribution >= 4 is 23.5 Å². The first-order valence-corrected chi connectivity index (χ1v) is 11.9. The maximum absolute atomic E-state index is 13.3. The standard InChI is InChI=1S/C24H42N4O4/c1-6-12-18(19(29)22(31)26-15-7-2)27-21(30)17(4)28(16-8-3)23(32)20(25)24(5)13-10-9-11-14-24/h7,17-18,20H,2,6,8-16,25H2,1,3-5H3,(H,26,31)(H,27,30)/t17-,18?,20+/m0/s1. The average molecular weight is 451 g/mol. The van der Waals surface area contributed by atoms with Gasteiger partial charge in [-0.25, -0.2) is 0 Å². The largest absolute Gasteiger partial charge is 0.346 e. The number of carbonyl (C=O) groups is 4. The van der Waals surface area contributed by atoms with Crippen LogP contribution in [-0.4, -0.2) is 59.6 Å². The number of nitrogens with zero attached hydrogens (tertiary/aromatic N) is 1. The summed E-state index contributed by atoms with van der Waals surface area (Å²) in [5, 5.41) is 5.14. The third-order valence-corrected chi connectivity index (χ3v) is 6.45. The lowest BCUT2D eigenvalue weighted by Crippen LogP contribution is -2.59. The van der Waals surface area contributed by atoms with Gasteiger partial charge in [-0.1, -0.05) is 52.5 Å². The van der Waals surface area contributed by atoms with Gasteiger partial charge in [-0.3, -0.25) is 19.2 Å². The van der Waals surface area contributed by atoms with Gasteiger partial charge in [0.05, 0.1) is 12.1 Å². The molecule has 1 aliphatic rings. The van der Waals surface area contributed by atoms with Crippen LogP contribution in [0.2, 0.25) is 0 Å². The van der Waals surface area contributed by atoms with E-state index >= 15 is 0 Å². The molecule has 32 heavy (non-hydrogen) atoms. The van der Waals surface area contributed by atoms with Gasteiger partial charge in [-0.2, -0.15) is 0 Å². The summed E-state index contributed by atoms with van der Waals surface area (Å²) in [5.74, 6) is -2.16. The number of rotatable bonds is 13. The van der Waals surface area contributed by atoms with Crippen LogP contribution in [0.4, 0.5) is 0 Å². The van der Waals surface area contributed by atoms with Crippen molar-refractivity contribution in [3.05, 3.63) is 12.7 Å². The molecular formula is C24H42N4O4. The smallest absolute Gasteiger partial charge is 0.289 e. The van der Waals surface area contributed by atoms with E-state index in [4.69, 9.17) is 5.73 Å². The molecule has 1 unspecified atom stereocenters. The lowest BCUT2D eigenvalue weighted by Gasteiger charge is -2.41. The minimum absolute atomic E-state index is 0.170. The summed E-state index contributed by atoms with van der Waals surface area (Å²) in [7, 11) is 0. The molecule has 0 bridgehead atoms. The molecule has 0 saturated heterocycles. The summed E-state index contributed by atoms with van der Waals surface area (Å²) in [4.78, 5) is 52.5. The number of Topliss-reactive ketones (excluding diaryl/α,β-unsaturated/α-hetero) is 1. The Kier molecular flexibility index (Phi) is 11.6. The Balaban J connectivity index is 2.94. The number of ketones is 1. The summed E-state index contributed by atoms with van der Waals surface area (Å²) in [5.41, 5.74) is 6.16. The van der Waals surface area contributed by atoms with E-state index in [2.05, 4.69) is 24.1 Å². The van der Waals surface area contributed by atoms with Crippen LogP contribution >= 0.6 is 0 Å². The normalized spacial score (nSPS) is 18.0. The van der Waals surface area contributed by atoms with Crippen molar-refractivity contribution in [2.24, 2.45) is 11.1 Å². The average Bonchev–Trinajstić information content (AvgIpc) is 2.79. The highest BCUT2D eigenvalue weighted by atomic mass is 16.2. The molecule has 0 aromatic rings. The van der Waals surface area contributed by atoms with Gasteiger partial charge < -0.3 is 21.3 Å². The minimum Gasteiger partial charge on any atom is -0.346 e. The lowest BCUT2D eigenvalue weighted by atomic mass is 9.70. The monoisotopic (exact) mass is 450 g/mol. The molecule has 8 heteroatoms. The van der Waals surface area contributed by atoms with Crippen molar-refractivity contribution in [2.45, 2.75) is 97.2 Å². The van der Waals surface area contributed by atoms with E-state index in [0.717, 1.165) is 32.1 Å². The van der Waals surface area contributed by atoms with E-state index in [-0.39, 0.29) is 17.9 Å². The lowest BCUT2D eigenvalue weighted by molar-refractivity contribution is -0.145. The molecule has 0 radical (unpaired) electrons. The van der Waals surface area contributed by atoms with Gasteiger partial charge in [0.25, 0.3) is 5.91 Å². The third-order valence-electron chi connectivity index (χ3n) is 6.45. The van der Waals surface area contributed by atoms with Crippen molar-refractivity contribution < 1.29 is 19.2 Å². The van der Waals surface area contributed by atoms with Crippen LogP contribution in [0.25, 0.3) is 0 Å². The number of nitrogens with one attached hydrogen (secondary N) is 2. The predicted molar refractivity (Wildman–Crippen MR) is 126 cm³/mol. The Labute approximate surface area is 192 Å². The zero-order chi connectivity index (χ0) is 24.3. The Morgan fingerprint density at radius 2 is 1.75 bits per heavy atom. The van der Waals surface area contributed by atoms with E-state index in [1.165, 1.54) is 11.0 Å². The van der Waals surface area contributed by atoms with Crippen LogP contribution in [0.15, 0.2) is 12.7 Å². The molecule has 3 amide bonds. The predicted octanol–water partition coefficient (Wildman–Crippen LogP) is 2.07. The molecular weight excluding hydrogens is 408 g/mol. The van der Waals surface area contributed by atoms with Crippen LogP contribution in [0.1, 0.15) is 79.1 Å². The van der Waals surface area contributed by atoms with E-state index in [1.54, 1.807) is 6.92 Å². The first-order valence-electron chi connectivity index (χ1n) is 11.9. The SMILES string of the molecule is C=CCNC(=O)C(=O)C(CCC)NC(=O)[C@H](C)N(CCC)C(=O)[C@@H](N)C1(C)CCCCC1. The molecule has 0 aliphatic heterocycles. The molecule has 0 aromatic carbocycles. The molecule has 0 aromatic heterocycles. The molecule has 0 spiro atoms. The summed E-state index contributed by atoms with van der Waals surface area (Å²) < 4.78 is 0. The Morgan fingerprint density at radius 1 is 1.12 bits per heavy atom. The maximum Gasteiger partial charge on any atom is 0.289 e. The Bertz CT molecular complexity index is 673. The Hall–Kier alpha value is -2.22. The maximum atomic E-state index is 13.3. The number of carbonyl (C=O) groups excluding carboxylic acids is 4. The molecule has 1 saturated carbocycles. The second-order valence-corrected chi connectivity index (χ2v) is 9.11. The topological polar surface area (TPSA) is 122 Å². The van der Waals surface area contributed by atoms with E-state index in [1.807, 2.05) is 13.8 Å². The molecule has 1 fully saturated rings. The minimum atomic E-state index is -0.942. The second kappa shape index (κ2) is 13.4. The van der Waals surface area contributed by atoms with E-state index in [0.29, 0.717) is 25.8 Å². The van der Waals surface area contributed by atoms with E-state index < -0.39 is 35.7 Å². The van der Waals surface area contributed by atoms with Crippen LogP contribution < -0.4 is 16.4 Å². The van der Waals surface area contributed by atoms with Crippen LogP contribution in [0.5, 0.6) is 0 Å².